The normalized spacial score (nSPS) is 31.9. The Bertz CT molecular complexity index is 280. The van der Waals surface area contributed by atoms with E-state index in [-0.39, 0.29) is 17.9 Å². The number of nitrogens with one attached hydrogen (secondary N) is 1. The Morgan fingerprint density at radius 1 is 1.60 bits per heavy atom. The number of hydrogen-bond donors (Lipinski definition) is 2. The molecular weight excluding hydrogens is 194 g/mol. The standard InChI is InChI=1S/C10H17N3O2/c11-10(15)8-2-1-3-13(8)6-7-4-9(14)12-5-7/h7-8H,1-6H2,(H2,11,15)(H,12,14)/t7-,8-/m0/s1. The second-order valence-electron chi connectivity index (χ2n) is 4.43. The van der Waals surface area contributed by atoms with Crippen molar-refractivity contribution in [3.05, 3.63) is 0 Å². The minimum atomic E-state index is -0.232. The van der Waals surface area contributed by atoms with Gasteiger partial charge in [0.15, 0.2) is 0 Å². The van der Waals surface area contributed by atoms with Gasteiger partial charge in [-0.3, -0.25) is 14.5 Å². The van der Waals surface area contributed by atoms with Gasteiger partial charge in [-0.2, -0.15) is 0 Å². The number of nitrogens with zero attached hydrogens (tertiary/aromatic N) is 1. The Balaban J connectivity index is 1.88. The van der Waals surface area contributed by atoms with Crippen LogP contribution in [0.1, 0.15) is 19.3 Å². The number of amides is 2. The molecule has 2 fully saturated rings. The van der Waals surface area contributed by atoms with Crippen molar-refractivity contribution in [3.8, 4) is 0 Å². The Kier molecular flexibility index (Phi) is 2.90. The van der Waals surface area contributed by atoms with Crippen LogP contribution in [-0.4, -0.2) is 42.4 Å². The minimum absolute atomic E-state index is 0.110. The molecule has 0 unspecified atom stereocenters. The van der Waals surface area contributed by atoms with Crippen molar-refractivity contribution in [3.63, 3.8) is 0 Å². The Morgan fingerprint density at radius 3 is 3.00 bits per heavy atom. The van der Waals surface area contributed by atoms with Crippen LogP contribution in [0, 0.1) is 5.92 Å². The van der Waals surface area contributed by atoms with Crippen molar-refractivity contribution >= 4 is 11.8 Å². The predicted octanol–water partition coefficient (Wildman–Crippen LogP) is -0.928. The molecule has 0 spiro atoms. The molecule has 2 rings (SSSR count). The van der Waals surface area contributed by atoms with Crippen molar-refractivity contribution in [2.45, 2.75) is 25.3 Å². The number of carbonyl (C=O) groups is 2. The van der Waals surface area contributed by atoms with Crippen LogP contribution in [0.15, 0.2) is 0 Å². The number of carbonyl (C=O) groups excluding carboxylic acids is 2. The van der Waals surface area contributed by atoms with Gasteiger partial charge in [-0.25, -0.2) is 0 Å². The first-order chi connectivity index (χ1) is 7.16. The molecule has 2 amide bonds. The molecule has 0 aromatic rings. The van der Waals surface area contributed by atoms with Crippen LogP contribution in [0.25, 0.3) is 0 Å². The van der Waals surface area contributed by atoms with Crippen molar-refractivity contribution in [2.24, 2.45) is 11.7 Å². The van der Waals surface area contributed by atoms with E-state index in [2.05, 4.69) is 10.2 Å². The lowest BCUT2D eigenvalue weighted by Gasteiger charge is -2.24. The molecule has 2 aliphatic rings. The molecule has 0 aliphatic carbocycles. The minimum Gasteiger partial charge on any atom is -0.368 e. The maximum atomic E-state index is 11.1. The van der Waals surface area contributed by atoms with Gasteiger partial charge < -0.3 is 11.1 Å². The third-order valence-electron chi connectivity index (χ3n) is 3.25. The van der Waals surface area contributed by atoms with E-state index in [9.17, 15) is 9.59 Å². The quantitative estimate of drug-likeness (QED) is 0.633. The number of rotatable bonds is 3. The van der Waals surface area contributed by atoms with Crippen molar-refractivity contribution in [2.75, 3.05) is 19.6 Å². The number of nitrogens with two attached hydrogens (primary N) is 1. The monoisotopic (exact) mass is 211 g/mol. The van der Waals surface area contributed by atoms with E-state index >= 15 is 0 Å². The van der Waals surface area contributed by atoms with Crippen LogP contribution in [0.4, 0.5) is 0 Å². The lowest BCUT2D eigenvalue weighted by molar-refractivity contribution is -0.122. The second kappa shape index (κ2) is 4.18. The van der Waals surface area contributed by atoms with E-state index in [1.54, 1.807) is 0 Å². The zero-order chi connectivity index (χ0) is 10.8. The van der Waals surface area contributed by atoms with Gasteiger partial charge in [0.05, 0.1) is 6.04 Å². The molecule has 2 heterocycles. The van der Waals surface area contributed by atoms with Gasteiger partial charge in [-0.05, 0) is 25.3 Å². The van der Waals surface area contributed by atoms with Crippen LogP contribution in [0.2, 0.25) is 0 Å². The molecule has 2 saturated heterocycles. The lowest BCUT2D eigenvalue weighted by atomic mass is 10.1. The Labute approximate surface area is 89.0 Å². The molecule has 84 valence electrons. The third-order valence-corrected chi connectivity index (χ3v) is 3.25. The molecule has 2 aliphatic heterocycles. The first kappa shape index (κ1) is 10.4. The smallest absolute Gasteiger partial charge is 0.234 e. The van der Waals surface area contributed by atoms with Gasteiger partial charge in [0.2, 0.25) is 11.8 Å². The Morgan fingerprint density at radius 2 is 2.40 bits per heavy atom. The first-order valence-electron chi connectivity index (χ1n) is 5.47. The molecule has 2 atom stereocenters. The van der Waals surface area contributed by atoms with Crippen molar-refractivity contribution < 1.29 is 9.59 Å². The molecule has 5 nitrogen and oxygen atoms in total. The number of primary amides is 1. The molecule has 3 N–H and O–H groups in total. The molecular formula is C10H17N3O2. The van der Waals surface area contributed by atoms with E-state index in [1.165, 1.54) is 0 Å². The number of likely N-dealkylation sites (tertiary alicyclic amines) is 1. The molecule has 5 heteroatoms. The van der Waals surface area contributed by atoms with Crippen LogP contribution < -0.4 is 11.1 Å². The van der Waals surface area contributed by atoms with E-state index in [0.29, 0.717) is 12.3 Å². The summed E-state index contributed by atoms with van der Waals surface area (Å²) < 4.78 is 0. The van der Waals surface area contributed by atoms with Gasteiger partial charge in [0.1, 0.15) is 0 Å². The fraction of sp³-hybridized carbons (Fsp3) is 0.800. The summed E-state index contributed by atoms with van der Waals surface area (Å²) in [4.78, 5) is 24.3. The predicted molar refractivity (Wildman–Crippen MR) is 54.9 cm³/mol. The highest BCUT2D eigenvalue weighted by Gasteiger charge is 2.32. The Hall–Kier alpha value is -1.10. The van der Waals surface area contributed by atoms with E-state index in [0.717, 1.165) is 32.5 Å². The summed E-state index contributed by atoms with van der Waals surface area (Å²) in [6.07, 6.45) is 2.48. The van der Waals surface area contributed by atoms with E-state index in [4.69, 9.17) is 5.73 Å². The van der Waals surface area contributed by atoms with Crippen LogP contribution in [0.5, 0.6) is 0 Å². The summed E-state index contributed by atoms with van der Waals surface area (Å²) >= 11 is 0. The summed E-state index contributed by atoms with van der Waals surface area (Å²) in [5.74, 6) is 0.233. The van der Waals surface area contributed by atoms with Gasteiger partial charge in [0, 0.05) is 19.5 Å². The summed E-state index contributed by atoms with van der Waals surface area (Å²) in [5, 5.41) is 2.81. The zero-order valence-electron chi connectivity index (χ0n) is 8.74. The molecule has 0 saturated carbocycles. The van der Waals surface area contributed by atoms with Gasteiger partial charge in [0.25, 0.3) is 0 Å². The van der Waals surface area contributed by atoms with Crippen LogP contribution in [-0.2, 0) is 9.59 Å². The highest BCUT2D eigenvalue weighted by atomic mass is 16.2. The summed E-state index contributed by atoms with van der Waals surface area (Å²) in [6.45, 7) is 2.48. The average molecular weight is 211 g/mol. The second-order valence-corrected chi connectivity index (χ2v) is 4.43. The first-order valence-corrected chi connectivity index (χ1v) is 5.47. The van der Waals surface area contributed by atoms with Gasteiger partial charge in [-0.15, -0.1) is 0 Å². The van der Waals surface area contributed by atoms with Gasteiger partial charge in [-0.1, -0.05) is 0 Å². The highest BCUT2D eigenvalue weighted by molar-refractivity contribution is 5.80. The van der Waals surface area contributed by atoms with Gasteiger partial charge >= 0.3 is 0 Å². The summed E-state index contributed by atoms with van der Waals surface area (Å²) in [5.41, 5.74) is 5.33. The summed E-state index contributed by atoms with van der Waals surface area (Å²) in [7, 11) is 0. The topological polar surface area (TPSA) is 75.4 Å². The largest absolute Gasteiger partial charge is 0.368 e. The summed E-state index contributed by atoms with van der Waals surface area (Å²) in [6, 6.07) is -0.110. The zero-order valence-corrected chi connectivity index (χ0v) is 8.74. The van der Waals surface area contributed by atoms with Crippen LogP contribution >= 0.6 is 0 Å². The molecule has 0 aromatic carbocycles. The maximum absolute atomic E-state index is 11.1. The fourth-order valence-electron chi connectivity index (χ4n) is 2.49. The van der Waals surface area contributed by atoms with Crippen LogP contribution in [0.3, 0.4) is 0 Å². The van der Waals surface area contributed by atoms with Crippen molar-refractivity contribution in [1.29, 1.82) is 0 Å². The third kappa shape index (κ3) is 2.28. The molecule has 0 radical (unpaired) electrons. The SMILES string of the molecule is NC(=O)[C@@H]1CCCN1C[C@@H]1CNC(=O)C1. The highest BCUT2D eigenvalue weighted by Crippen LogP contribution is 2.20. The molecule has 0 aromatic heterocycles. The van der Waals surface area contributed by atoms with E-state index < -0.39 is 0 Å². The lowest BCUT2D eigenvalue weighted by Crippen LogP contribution is -2.42. The number of hydrogen-bond acceptors (Lipinski definition) is 3. The van der Waals surface area contributed by atoms with E-state index in [1.807, 2.05) is 0 Å². The fourth-order valence-corrected chi connectivity index (χ4v) is 2.49. The molecule has 15 heavy (non-hydrogen) atoms. The average Bonchev–Trinajstić information content (AvgIpc) is 2.75. The maximum Gasteiger partial charge on any atom is 0.234 e. The van der Waals surface area contributed by atoms with Crippen molar-refractivity contribution in [1.82, 2.24) is 10.2 Å². The molecule has 0 bridgehead atoms.